The van der Waals surface area contributed by atoms with Crippen LogP contribution in [0.25, 0.3) is 0 Å². The van der Waals surface area contributed by atoms with Gasteiger partial charge >= 0.3 is 5.97 Å². The first-order valence-corrected chi connectivity index (χ1v) is 6.42. The van der Waals surface area contributed by atoms with Gasteiger partial charge in [0.1, 0.15) is 11.7 Å². The smallest absolute Gasteiger partial charge is 0.326 e. The van der Waals surface area contributed by atoms with E-state index in [0.29, 0.717) is 5.69 Å². The Hall–Kier alpha value is -2.76. The minimum absolute atomic E-state index is 0.0971. The summed E-state index contributed by atoms with van der Waals surface area (Å²) in [5.74, 6) is -1.64. The van der Waals surface area contributed by atoms with Crippen molar-refractivity contribution in [2.45, 2.75) is 19.4 Å². The average molecular weight is 285 g/mol. The fourth-order valence-corrected chi connectivity index (χ4v) is 1.79. The van der Waals surface area contributed by atoms with Gasteiger partial charge < -0.3 is 10.4 Å². The standard InChI is InChI=1S/C15H15N3O3/c1-10-8-17-13(9-16-10)14(19)18-12(15(20)21)7-11-5-3-2-4-6-11/h2-6,8-9,12H,7H2,1H3,(H,18,19)(H,20,21)/t12-/m1/s1. The summed E-state index contributed by atoms with van der Waals surface area (Å²) >= 11 is 0. The fraction of sp³-hybridized carbons (Fsp3) is 0.200. The van der Waals surface area contributed by atoms with Gasteiger partial charge in [-0.25, -0.2) is 9.78 Å². The number of aryl methyl sites for hydroxylation is 1. The first-order chi connectivity index (χ1) is 10.1. The number of carbonyl (C=O) groups is 2. The molecule has 0 bridgehead atoms. The van der Waals surface area contributed by atoms with Gasteiger partial charge in [0.15, 0.2) is 0 Å². The molecule has 108 valence electrons. The molecule has 0 fully saturated rings. The molecule has 1 aromatic carbocycles. The molecule has 0 aliphatic heterocycles. The Kier molecular flexibility index (Phi) is 4.61. The number of benzene rings is 1. The van der Waals surface area contributed by atoms with Crippen LogP contribution in [0, 0.1) is 6.92 Å². The van der Waals surface area contributed by atoms with E-state index in [-0.39, 0.29) is 12.1 Å². The van der Waals surface area contributed by atoms with E-state index in [0.717, 1.165) is 5.56 Å². The monoisotopic (exact) mass is 285 g/mol. The van der Waals surface area contributed by atoms with Crippen molar-refractivity contribution < 1.29 is 14.7 Å². The molecular weight excluding hydrogens is 270 g/mol. The summed E-state index contributed by atoms with van der Waals surface area (Å²) in [4.78, 5) is 31.2. The molecule has 0 spiro atoms. The lowest BCUT2D eigenvalue weighted by molar-refractivity contribution is -0.139. The molecule has 6 heteroatoms. The van der Waals surface area contributed by atoms with Gasteiger partial charge in [-0.2, -0.15) is 0 Å². The third kappa shape index (κ3) is 4.10. The Bertz CT molecular complexity index is 626. The lowest BCUT2D eigenvalue weighted by Gasteiger charge is -2.14. The minimum atomic E-state index is -1.09. The second-order valence-corrected chi connectivity index (χ2v) is 4.60. The first-order valence-electron chi connectivity index (χ1n) is 6.42. The number of amides is 1. The summed E-state index contributed by atoms with van der Waals surface area (Å²) in [6.07, 6.45) is 3.00. The van der Waals surface area contributed by atoms with Gasteiger partial charge in [0.05, 0.1) is 11.9 Å². The van der Waals surface area contributed by atoms with Crippen LogP contribution in [-0.4, -0.2) is 33.0 Å². The number of carbonyl (C=O) groups excluding carboxylic acids is 1. The maximum absolute atomic E-state index is 12.0. The number of nitrogens with one attached hydrogen (secondary N) is 1. The minimum Gasteiger partial charge on any atom is -0.480 e. The van der Waals surface area contributed by atoms with Gasteiger partial charge in [-0.3, -0.25) is 9.78 Å². The van der Waals surface area contributed by atoms with E-state index < -0.39 is 17.9 Å². The zero-order valence-corrected chi connectivity index (χ0v) is 11.5. The highest BCUT2D eigenvalue weighted by Gasteiger charge is 2.21. The number of rotatable bonds is 5. The average Bonchev–Trinajstić information content (AvgIpc) is 2.48. The molecule has 6 nitrogen and oxygen atoms in total. The Morgan fingerprint density at radius 1 is 1.19 bits per heavy atom. The highest BCUT2D eigenvalue weighted by Crippen LogP contribution is 2.04. The van der Waals surface area contributed by atoms with E-state index >= 15 is 0 Å². The number of aromatic nitrogens is 2. The van der Waals surface area contributed by atoms with Crippen LogP contribution in [0.3, 0.4) is 0 Å². The molecule has 0 radical (unpaired) electrons. The van der Waals surface area contributed by atoms with Gasteiger partial charge in [-0.05, 0) is 12.5 Å². The Labute approximate surface area is 121 Å². The van der Waals surface area contributed by atoms with Crippen LogP contribution in [0.1, 0.15) is 21.7 Å². The van der Waals surface area contributed by atoms with Crippen molar-refractivity contribution in [3.8, 4) is 0 Å². The predicted octanol–water partition coefficient (Wildman–Crippen LogP) is 1.21. The summed E-state index contributed by atoms with van der Waals surface area (Å²) in [6.45, 7) is 1.75. The SMILES string of the molecule is Cc1cnc(C(=O)N[C@H](Cc2ccccc2)C(=O)O)cn1. The molecule has 0 aliphatic carbocycles. The molecule has 0 saturated heterocycles. The number of nitrogens with zero attached hydrogens (tertiary/aromatic N) is 2. The second kappa shape index (κ2) is 6.60. The van der Waals surface area contributed by atoms with E-state index in [4.69, 9.17) is 0 Å². The summed E-state index contributed by atoms with van der Waals surface area (Å²) < 4.78 is 0. The van der Waals surface area contributed by atoms with Gasteiger partial charge in [0.25, 0.3) is 5.91 Å². The van der Waals surface area contributed by atoms with E-state index in [9.17, 15) is 14.7 Å². The summed E-state index contributed by atoms with van der Waals surface area (Å²) in [5, 5.41) is 11.7. The van der Waals surface area contributed by atoms with Crippen molar-refractivity contribution >= 4 is 11.9 Å². The van der Waals surface area contributed by atoms with Crippen LogP contribution in [0.15, 0.2) is 42.7 Å². The molecule has 2 aromatic rings. The third-order valence-electron chi connectivity index (χ3n) is 2.90. The summed E-state index contributed by atoms with van der Waals surface area (Å²) in [6, 6.07) is 8.10. The third-order valence-corrected chi connectivity index (χ3v) is 2.90. The number of carboxylic acids is 1. The molecule has 2 rings (SSSR count). The number of hydrogen-bond acceptors (Lipinski definition) is 4. The number of hydrogen-bond donors (Lipinski definition) is 2. The normalized spacial score (nSPS) is 11.7. The second-order valence-electron chi connectivity index (χ2n) is 4.60. The maximum Gasteiger partial charge on any atom is 0.326 e. The first kappa shape index (κ1) is 14.6. The van der Waals surface area contributed by atoms with Crippen LogP contribution < -0.4 is 5.32 Å². The highest BCUT2D eigenvalue weighted by molar-refractivity contribution is 5.94. The number of aliphatic carboxylic acids is 1. The van der Waals surface area contributed by atoms with E-state index in [1.807, 2.05) is 30.3 Å². The molecule has 1 amide bonds. The van der Waals surface area contributed by atoms with Gasteiger partial charge in [0.2, 0.25) is 0 Å². The van der Waals surface area contributed by atoms with Crippen molar-refractivity contribution in [3.63, 3.8) is 0 Å². The van der Waals surface area contributed by atoms with Crippen molar-refractivity contribution in [1.82, 2.24) is 15.3 Å². The lowest BCUT2D eigenvalue weighted by Crippen LogP contribution is -2.42. The largest absolute Gasteiger partial charge is 0.480 e. The lowest BCUT2D eigenvalue weighted by atomic mass is 10.1. The van der Waals surface area contributed by atoms with Gasteiger partial charge in [0, 0.05) is 12.6 Å². The van der Waals surface area contributed by atoms with Gasteiger partial charge in [-0.1, -0.05) is 30.3 Å². The van der Waals surface area contributed by atoms with Crippen molar-refractivity contribution in [1.29, 1.82) is 0 Å². The zero-order chi connectivity index (χ0) is 15.2. The Morgan fingerprint density at radius 2 is 1.90 bits per heavy atom. The molecule has 0 unspecified atom stereocenters. The number of carboxylic acid groups (broad SMARTS) is 1. The quantitative estimate of drug-likeness (QED) is 0.861. The highest BCUT2D eigenvalue weighted by atomic mass is 16.4. The predicted molar refractivity (Wildman–Crippen MR) is 75.8 cm³/mol. The van der Waals surface area contributed by atoms with Crippen molar-refractivity contribution in [3.05, 3.63) is 59.7 Å². The molecule has 21 heavy (non-hydrogen) atoms. The summed E-state index contributed by atoms with van der Waals surface area (Å²) in [5.41, 5.74) is 1.62. The molecule has 0 aliphatic rings. The molecule has 1 heterocycles. The topological polar surface area (TPSA) is 92.2 Å². The van der Waals surface area contributed by atoms with Crippen molar-refractivity contribution in [2.75, 3.05) is 0 Å². The van der Waals surface area contributed by atoms with Crippen LogP contribution in [-0.2, 0) is 11.2 Å². The van der Waals surface area contributed by atoms with Crippen LogP contribution in [0.5, 0.6) is 0 Å². The Morgan fingerprint density at radius 3 is 2.48 bits per heavy atom. The van der Waals surface area contributed by atoms with E-state index in [1.165, 1.54) is 12.4 Å². The van der Waals surface area contributed by atoms with E-state index in [2.05, 4.69) is 15.3 Å². The van der Waals surface area contributed by atoms with Crippen molar-refractivity contribution in [2.24, 2.45) is 0 Å². The van der Waals surface area contributed by atoms with Crippen LogP contribution in [0.2, 0.25) is 0 Å². The Balaban J connectivity index is 2.07. The molecule has 1 atom stereocenters. The van der Waals surface area contributed by atoms with Crippen LogP contribution >= 0.6 is 0 Å². The molecule has 0 saturated carbocycles. The molecule has 2 N–H and O–H groups in total. The summed E-state index contributed by atoms with van der Waals surface area (Å²) in [7, 11) is 0. The van der Waals surface area contributed by atoms with Crippen LogP contribution in [0.4, 0.5) is 0 Å². The maximum atomic E-state index is 12.0. The molecular formula is C15H15N3O3. The molecule has 1 aromatic heterocycles. The van der Waals surface area contributed by atoms with E-state index in [1.54, 1.807) is 6.92 Å². The fourth-order valence-electron chi connectivity index (χ4n) is 1.79. The van der Waals surface area contributed by atoms with Gasteiger partial charge in [-0.15, -0.1) is 0 Å². The zero-order valence-electron chi connectivity index (χ0n) is 11.5.